The minimum Gasteiger partial charge on any atom is -0.508 e. The van der Waals surface area contributed by atoms with Crippen LogP contribution in [0, 0.1) is 0 Å². The highest BCUT2D eigenvalue weighted by atomic mass is 16.5. The van der Waals surface area contributed by atoms with E-state index in [9.17, 15) is 5.11 Å². The van der Waals surface area contributed by atoms with Crippen molar-refractivity contribution in [2.45, 2.75) is 12.8 Å². The van der Waals surface area contributed by atoms with E-state index >= 15 is 0 Å². The molecule has 0 unspecified atom stereocenters. The van der Waals surface area contributed by atoms with Gasteiger partial charge in [0.1, 0.15) is 18.1 Å². The highest BCUT2D eigenvalue weighted by molar-refractivity contribution is 5.68. The third-order valence-electron chi connectivity index (χ3n) is 4.76. The van der Waals surface area contributed by atoms with Gasteiger partial charge in [-0.05, 0) is 73.5 Å². The lowest BCUT2D eigenvalue weighted by molar-refractivity contribution is 0.261. The SMILES string of the molecule is CN(C)CCOc1ccc(CC=C(Cc2cccc(O)c2)c2ccccc2)cc1. The van der Waals surface area contributed by atoms with Gasteiger partial charge in [-0.25, -0.2) is 0 Å². The van der Waals surface area contributed by atoms with Gasteiger partial charge in [0, 0.05) is 6.54 Å². The standard InChI is InChI=1S/C26H29NO2/c1-27(2)17-18-29-26-15-12-21(13-16-26)11-14-24(23-8-4-3-5-9-23)19-22-7-6-10-25(28)20-22/h3-10,12-16,20,28H,11,17-19H2,1-2H3. The molecule has 29 heavy (non-hydrogen) atoms. The largest absolute Gasteiger partial charge is 0.508 e. The van der Waals surface area contributed by atoms with Crippen LogP contribution in [0.3, 0.4) is 0 Å². The van der Waals surface area contributed by atoms with Crippen LogP contribution in [0.25, 0.3) is 5.57 Å². The summed E-state index contributed by atoms with van der Waals surface area (Å²) < 4.78 is 5.78. The summed E-state index contributed by atoms with van der Waals surface area (Å²) in [4.78, 5) is 2.11. The highest BCUT2D eigenvalue weighted by Crippen LogP contribution is 2.23. The zero-order valence-electron chi connectivity index (χ0n) is 17.2. The molecule has 0 fully saturated rings. The molecule has 0 spiro atoms. The van der Waals surface area contributed by atoms with Crippen LogP contribution >= 0.6 is 0 Å². The topological polar surface area (TPSA) is 32.7 Å². The maximum Gasteiger partial charge on any atom is 0.119 e. The lowest BCUT2D eigenvalue weighted by Gasteiger charge is -2.11. The molecule has 0 radical (unpaired) electrons. The van der Waals surface area contributed by atoms with Crippen molar-refractivity contribution in [2.24, 2.45) is 0 Å². The summed E-state index contributed by atoms with van der Waals surface area (Å²) in [6.45, 7) is 1.59. The molecule has 1 N–H and O–H groups in total. The molecule has 0 amide bonds. The molecule has 150 valence electrons. The molecule has 0 aliphatic rings. The van der Waals surface area contributed by atoms with Crippen LogP contribution in [-0.2, 0) is 12.8 Å². The normalized spacial score (nSPS) is 11.6. The first-order valence-corrected chi connectivity index (χ1v) is 9.99. The summed E-state index contributed by atoms with van der Waals surface area (Å²) in [6, 6.07) is 26.2. The summed E-state index contributed by atoms with van der Waals surface area (Å²) in [6.07, 6.45) is 3.91. The number of phenolic OH excluding ortho intramolecular Hbond substituents is 1. The van der Waals surface area contributed by atoms with Crippen molar-refractivity contribution >= 4 is 5.57 Å². The molecule has 0 heterocycles. The van der Waals surface area contributed by atoms with Gasteiger partial charge in [0.15, 0.2) is 0 Å². The summed E-state index contributed by atoms with van der Waals surface area (Å²) >= 11 is 0. The number of hydrogen-bond acceptors (Lipinski definition) is 3. The number of allylic oxidation sites excluding steroid dienone is 2. The third kappa shape index (κ3) is 6.81. The molecule has 0 saturated carbocycles. The second-order valence-electron chi connectivity index (χ2n) is 7.44. The Balaban J connectivity index is 1.71. The molecule has 3 aromatic carbocycles. The van der Waals surface area contributed by atoms with Crippen LogP contribution in [0.5, 0.6) is 11.5 Å². The predicted molar refractivity (Wildman–Crippen MR) is 120 cm³/mol. The molecule has 0 atom stereocenters. The second kappa shape index (κ2) is 10.5. The average molecular weight is 388 g/mol. The lowest BCUT2D eigenvalue weighted by Crippen LogP contribution is -2.19. The first kappa shape index (κ1) is 20.7. The number of hydrogen-bond donors (Lipinski definition) is 1. The van der Waals surface area contributed by atoms with Gasteiger partial charge in [-0.1, -0.05) is 60.7 Å². The van der Waals surface area contributed by atoms with Crippen LogP contribution in [0.4, 0.5) is 0 Å². The molecule has 0 saturated heterocycles. The molecule has 0 aliphatic heterocycles. The monoisotopic (exact) mass is 387 g/mol. The van der Waals surface area contributed by atoms with E-state index in [1.165, 1.54) is 16.7 Å². The Morgan fingerprint density at radius 1 is 0.897 bits per heavy atom. The van der Waals surface area contributed by atoms with Crippen LogP contribution in [-0.4, -0.2) is 37.3 Å². The summed E-state index contributed by atoms with van der Waals surface area (Å²) in [5, 5.41) is 9.79. The fraction of sp³-hybridized carbons (Fsp3) is 0.231. The number of phenols is 1. The molecular formula is C26H29NO2. The summed E-state index contributed by atoms with van der Waals surface area (Å²) in [5.41, 5.74) is 4.81. The van der Waals surface area contributed by atoms with E-state index in [1.54, 1.807) is 6.07 Å². The van der Waals surface area contributed by atoms with Gasteiger partial charge in [-0.2, -0.15) is 0 Å². The Hall–Kier alpha value is -3.04. The number of aromatic hydroxyl groups is 1. The Morgan fingerprint density at radius 2 is 1.66 bits per heavy atom. The second-order valence-corrected chi connectivity index (χ2v) is 7.44. The number of rotatable bonds is 9. The molecule has 3 aromatic rings. The van der Waals surface area contributed by atoms with Crippen molar-refractivity contribution in [3.63, 3.8) is 0 Å². The zero-order chi connectivity index (χ0) is 20.5. The molecule has 0 bridgehead atoms. The Kier molecular flexibility index (Phi) is 7.48. The van der Waals surface area contributed by atoms with Crippen molar-refractivity contribution in [2.75, 3.05) is 27.2 Å². The fourth-order valence-corrected chi connectivity index (χ4v) is 3.14. The molecule has 3 nitrogen and oxygen atoms in total. The molecule has 3 heteroatoms. The van der Waals surface area contributed by atoms with E-state index < -0.39 is 0 Å². The van der Waals surface area contributed by atoms with Crippen molar-refractivity contribution in [3.05, 3.63) is 102 Å². The average Bonchev–Trinajstić information content (AvgIpc) is 2.72. The maximum atomic E-state index is 9.79. The number of benzene rings is 3. The number of ether oxygens (including phenoxy) is 1. The van der Waals surface area contributed by atoms with Crippen molar-refractivity contribution < 1.29 is 9.84 Å². The molecular weight excluding hydrogens is 358 g/mol. The quantitative estimate of drug-likeness (QED) is 0.548. The van der Waals surface area contributed by atoms with Gasteiger partial charge >= 0.3 is 0 Å². The van der Waals surface area contributed by atoms with Crippen LogP contribution in [0.1, 0.15) is 16.7 Å². The minimum atomic E-state index is 0.305. The van der Waals surface area contributed by atoms with Gasteiger partial charge < -0.3 is 14.7 Å². The van der Waals surface area contributed by atoms with Gasteiger partial charge in [0.05, 0.1) is 0 Å². The Bertz CT molecular complexity index is 915. The van der Waals surface area contributed by atoms with E-state index in [0.717, 1.165) is 30.7 Å². The highest BCUT2D eigenvalue weighted by Gasteiger charge is 2.05. The summed E-state index contributed by atoms with van der Waals surface area (Å²) in [7, 11) is 4.08. The van der Waals surface area contributed by atoms with Crippen molar-refractivity contribution in [1.29, 1.82) is 0 Å². The predicted octanol–water partition coefficient (Wildman–Crippen LogP) is 5.20. The van der Waals surface area contributed by atoms with E-state index in [4.69, 9.17) is 4.74 Å². The first-order valence-electron chi connectivity index (χ1n) is 9.99. The lowest BCUT2D eigenvalue weighted by atomic mass is 9.96. The Morgan fingerprint density at radius 3 is 2.34 bits per heavy atom. The third-order valence-corrected chi connectivity index (χ3v) is 4.76. The van der Waals surface area contributed by atoms with Crippen molar-refractivity contribution in [3.8, 4) is 11.5 Å². The maximum absolute atomic E-state index is 9.79. The zero-order valence-corrected chi connectivity index (χ0v) is 17.2. The molecule has 0 aliphatic carbocycles. The number of likely N-dealkylation sites (N-methyl/N-ethyl adjacent to an activating group) is 1. The van der Waals surface area contributed by atoms with E-state index in [0.29, 0.717) is 12.4 Å². The molecule has 0 aromatic heterocycles. The minimum absolute atomic E-state index is 0.305. The van der Waals surface area contributed by atoms with Crippen LogP contribution < -0.4 is 4.74 Å². The van der Waals surface area contributed by atoms with E-state index in [1.807, 2.05) is 44.4 Å². The van der Waals surface area contributed by atoms with Crippen LogP contribution in [0.15, 0.2) is 84.9 Å². The van der Waals surface area contributed by atoms with Gasteiger partial charge in [0.25, 0.3) is 0 Å². The number of nitrogens with zero attached hydrogens (tertiary/aromatic N) is 1. The fourth-order valence-electron chi connectivity index (χ4n) is 3.14. The van der Waals surface area contributed by atoms with E-state index in [-0.39, 0.29) is 0 Å². The van der Waals surface area contributed by atoms with Gasteiger partial charge in [0.2, 0.25) is 0 Å². The van der Waals surface area contributed by atoms with Crippen molar-refractivity contribution in [1.82, 2.24) is 4.90 Å². The van der Waals surface area contributed by atoms with E-state index in [2.05, 4.69) is 53.4 Å². The summed E-state index contributed by atoms with van der Waals surface area (Å²) in [5.74, 6) is 1.21. The Labute approximate surface area is 173 Å². The smallest absolute Gasteiger partial charge is 0.119 e. The van der Waals surface area contributed by atoms with Gasteiger partial charge in [-0.3, -0.25) is 0 Å². The molecule has 3 rings (SSSR count). The van der Waals surface area contributed by atoms with Crippen LogP contribution in [0.2, 0.25) is 0 Å². The van der Waals surface area contributed by atoms with Gasteiger partial charge in [-0.15, -0.1) is 0 Å². The first-order chi connectivity index (χ1) is 14.1.